The Morgan fingerprint density at radius 2 is 1.86 bits per heavy atom. The molecule has 1 heterocycles. The van der Waals surface area contributed by atoms with Gasteiger partial charge in [-0.1, -0.05) is 36.8 Å². The van der Waals surface area contributed by atoms with Crippen molar-refractivity contribution >= 4 is 0 Å². The van der Waals surface area contributed by atoms with Crippen molar-refractivity contribution in [2.24, 2.45) is 0 Å². The molecule has 21 heavy (non-hydrogen) atoms. The standard InChI is InChI=1S/C18H24N2O/c1-4-10-20-18(15-8-6-14(3)7-9-15)16-11-17(21-5-2)13-19-12-16/h6-9,11-13,18,20H,4-5,10H2,1-3H3. The maximum absolute atomic E-state index is 5.57. The predicted octanol–water partition coefficient (Wildman–Crippen LogP) is 3.88. The normalized spacial score (nSPS) is 12.1. The van der Waals surface area contributed by atoms with Crippen molar-refractivity contribution < 1.29 is 4.74 Å². The summed E-state index contributed by atoms with van der Waals surface area (Å²) in [6.07, 6.45) is 4.77. The smallest absolute Gasteiger partial charge is 0.137 e. The Morgan fingerprint density at radius 3 is 2.52 bits per heavy atom. The van der Waals surface area contributed by atoms with Crippen LogP contribution in [0.3, 0.4) is 0 Å². The van der Waals surface area contributed by atoms with E-state index < -0.39 is 0 Å². The summed E-state index contributed by atoms with van der Waals surface area (Å²) in [5.41, 5.74) is 3.66. The first-order chi connectivity index (χ1) is 10.2. The van der Waals surface area contributed by atoms with E-state index >= 15 is 0 Å². The second kappa shape index (κ2) is 7.79. The van der Waals surface area contributed by atoms with Crippen LogP contribution in [-0.2, 0) is 0 Å². The number of benzene rings is 1. The van der Waals surface area contributed by atoms with Crippen LogP contribution in [0, 0.1) is 6.92 Å². The molecule has 0 aliphatic carbocycles. The molecule has 0 amide bonds. The molecule has 1 unspecified atom stereocenters. The summed E-state index contributed by atoms with van der Waals surface area (Å²) < 4.78 is 5.57. The fourth-order valence-electron chi connectivity index (χ4n) is 2.31. The van der Waals surface area contributed by atoms with E-state index in [1.54, 1.807) is 6.20 Å². The van der Waals surface area contributed by atoms with E-state index in [0.29, 0.717) is 6.61 Å². The van der Waals surface area contributed by atoms with Crippen LogP contribution in [-0.4, -0.2) is 18.1 Å². The van der Waals surface area contributed by atoms with Gasteiger partial charge in [-0.15, -0.1) is 0 Å². The maximum Gasteiger partial charge on any atom is 0.137 e. The summed E-state index contributed by atoms with van der Waals surface area (Å²) >= 11 is 0. The second-order valence-electron chi connectivity index (χ2n) is 5.18. The number of pyridine rings is 1. The van der Waals surface area contributed by atoms with Crippen molar-refractivity contribution in [1.82, 2.24) is 10.3 Å². The fraction of sp³-hybridized carbons (Fsp3) is 0.389. The molecule has 0 saturated carbocycles. The highest BCUT2D eigenvalue weighted by Gasteiger charge is 2.14. The number of aromatic nitrogens is 1. The SMILES string of the molecule is CCCNC(c1ccc(C)cc1)c1cncc(OCC)c1. The van der Waals surface area contributed by atoms with E-state index in [1.165, 1.54) is 11.1 Å². The third kappa shape index (κ3) is 4.30. The Hall–Kier alpha value is -1.87. The minimum Gasteiger partial charge on any atom is -0.492 e. The first-order valence-corrected chi connectivity index (χ1v) is 7.62. The Morgan fingerprint density at radius 1 is 1.10 bits per heavy atom. The number of nitrogens with zero attached hydrogens (tertiary/aromatic N) is 1. The number of hydrogen-bond donors (Lipinski definition) is 1. The zero-order valence-electron chi connectivity index (χ0n) is 13.1. The quantitative estimate of drug-likeness (QED) is 0.838. The molecule has 0 bridgehead atoms. The third-order valence-electron chi connectivity index (χ3n) is 3.39. The maximum atomic E-state index is 5.57. The number of hydrogen-bond acceptors (Lipinski definition) is 3. The van der Waals surface area contributed by atoms with Crippen LogP contribution in [0.2, 0.25) is 0 Å². The van der Waals surface area contributed by atoms with Gasteiger partial charge in [0, 0.05) is 6.20 Å². The van der Waals surface area contributed by atoms with Crippen molar-refractivity contribution in [1.29, 1.82) is 0 Å². The van der Waals surface area contributed by atoms with Gasteiger partial charge in [-0.05, 0) is 44.0 Å². The summed E-state index contributed by atoms with van der Waals surface area (Å²) in [7, 11) is 0. The fourth-order valence-corrected chi connectivity index (χ4v) is 2.31. The van der Waals surface area contributed by atoms with Crippen LogP contribution in [0.15, 0.2) is 42.7 Å². The Kier molecular flexibility index (Phi) is 5.76. The number of ether oxygens (including phenoxy) is 1. The first-order valence-electron chi connectivity index (χ1n) is 7.62. The number of aryl methyl sites for hydroxylation is 1. The molecule has 3 heteroatoms. The van der Waals surface area contributed by atoms with E-state index in [9.17, 15) is 0 Å². The lowest BCUT2D eigenvalue weighted by Gasteiger charge is -2.20. The lowest BCUT2D eigenvalue weighted by Crippen LogP contribution is -2.23. The summed E-state index contributed by atoms with van der Waals surface area (Å²) in [5.74, 6) is 0.824. The van der Waals surface area contributed by atoms with E-state index in [1.807, 2.05) is 13.1 Å². The molecular weight excluding hydrogens is 260 g/mol. The largest absolute Gasteiger partial charge is 0.492 e. The van der Waals surface area contributed by atoms with Gasteiger partial charge in [0.2, 0.25) is 0 Å². The van der Waals surface area contributed by atoms with Crippen LogP contribution in [0.4, 0.5) is 0 Å². The minimum atomic E-state index is 0.151. The monoisotopic (exact) mass is 284 g/mol. The molecule has 1 aromatic heterocycles. The minimum absolute atomic E-state index is 0.151. The van der Waals surface area contributed by atoms with E-state index in [4.69, 9.17) is 4.74 Å². The highest BCUT2D eigenvalue weighted by atomic mass is 16.5. The second-order valence-corrected chi connectivity index (χ2v) is 5.18. The Balaban J connectivity index is 2.30. The van der Waals surface area contributed by atoms with E-state index in [2.05, 4.69) is 54.5 Å². The highest BCUT2D eigenvalue weighted by Crippen LogP contribution is 2.24. The van der Waals surface area contributed by atoms with Crippen molar-refractivity contribution in [2.75, 3.05) is 13.2 Å². The molecule has 3 nitrogen and oxygen atoms in total. The van der Waals surface area contributed by atoms with Crippen LogP contribution >= 0.6 is 0 Å². The van der Waals surface area contributed by atoms with E-state index in [-0.39, 0.29) is 6.04 Å². The lowest BCUT2D eigenvalue weighted by molar-refractivity contribution is 0.338. The lowest BCUT2D eigenvalue weighted by atomic mass is 9.99. The van der Waals surface area contributed by atoms with Crippen molar-refractivity contribution in [2.45, 2.75) is 33.2 Å². The molecule has 0 spiro atoms. The summed E-state index contributed by atoms with van der Waals surface area (Å²) in [5, 5.41) is 3.60. The predicted molar refractivity (Wildman–Crippen MR) is 86.7 cm³/mol. The third-order valence-corrected chi connectivity index (χ3v) is 3.39. The van der Waals surface area contributed by atoms with Crippen LogP contribution in [0.25, 0.3) is 0 Å². The van der Waals surface area contributed by atoms with Gasteiger partial charge in [0.05, 0.1) is 18.8 Å². The average Bonchev–Trinajstić information content (AvgIpc) is 2.50. The van der Waals surface area contributed by atoms with Crippen LogP contribution in [0.5, 0.6) is 5.75 Å². The molecule has 1 N–H and O–H groups in total. The Labute approximate surface area is 127 Å². The van der Waals surface area contributed by atoms with E-state index in [0.717, 1.165) is 24.3 Å². The summed E-state index contributed by atoms with van der Waals surface area (Å²) in [6.45, 7) is 7.89. The van der Waals surface area contributed by atoms with Crippen molar-refractivity contribution in [3.05, 3.63) is 59.4 Å². The van der Waals surface area contributed by atoms with Gasteiger partial charge in [0.15, 0.2) is 0 Å². The molecular formula is C18H24N2O. The molecule has 0 radical (unpaired) electrons. The van der Waals surface area contributed by atoms with Gasteiger partial charge in [0.1, 0.15) is 5.75 Å². The first kappa shape index (κ1) is 15.5. The molecule has 1 aromatic carbocycles. The van der Waals surface area contributed by atoms with Gasteiger partial charge in [-0.25, -0.2) is 0 Å². The molecule has 2 aromatic rings. The van der Waals surface area contributed by atoms with Crippen LogP contribution < -0.4 is 10.1 Å². The van der Waals surface area contributed by atoms with Crippen LogP contribution in [0.1, 0.15) is 43.0 Å². The summed E-state index contributed by atoms with van der Waals surface area (Å²) in [4.78, 5) is 4.31. The van der Waals surface area contributed by atoms with Crippen molar-refractivity contribution in [3.63, 3.8) is 0 Å². The van der Waals surface area contributed by atoms with Gasteiger partial charge < -0.3 is 10.1 Å². The molecule has 1 atom stereocenters. The molecule has 0 saturated heterocycles. The number of nitrogens with one attached hydrogen (secondary N) is 1. The number of rotatable bonds is 7. The van der Waals surface area contributed by atoms with Gasteiger partial charge in [0.25, 0.3) is 0 Å². The Bertz CT molecular complexity index is 551. The molecule has 0 aliphatic heterocycles. The molecule has 2 rings (SSSR count). The molecule has 112 valence electrons. The highest BCUT2D eigenvalue weighted by molar-refractivity contribution is 5.35. The van der Waals surface area contributed by atoms with Gasteiger partial charge in [-0.3, -0.25) is 4.98 Å². The molecule has 0 aliphatic rings. The average molecular weight is 284 g/mol. The zero-order chi connectivity index (χ0) is 15.1. The van der Waals surface area contributed by atoms with Crippen molar-refractivity contribution in [3.8, 4) is 5.75 Å². The molecule has 0 fully saturated rings. The topological polar surface area (TPSA) is 34.2 Å². The summed E-state index contributed by atoms with van der Waals surface area (Å²) in [6, 6.07) is 10.9. The van der Waals surface area contributed by atoms with Gasteiger partial charge in [-0.2, -0.15) is 0 Å². The van der Waals surface area contributed by atoms with Gasteiger partial charge >= 0.3 is 0 Å². The zero-order valence-corrected chi connectivity index (χ0v) is 13.1.